The maximum absolute atomic E-state index is 13.4. The Labute approximate surface area is 157 Å². The van der Waals surface area contributed by atoms with Crippen LogP contribution in [0, 0.1) is 6.92 Å². The van der Waals surface area contributed by atoms with Crippen LogP contribution >= 0.6 is 0 Å². The summed E-state index contributed by atoms with van der Waals surface area (Å²) in [6.45, 7) is 1.79. The lowest BCUT2D eigenvalue weighted by Gasteiger charge is -2.12. The lowest BCUT2D eigenvalue weighted by Crippen LogP contribution is -2.19. The SMILES string of the molecule is Cc1c(C(=O)c2ccccc2)n(S(=O)(=O)c2ccccc2)c2ccccc12. The van der Waals surface area contributed by atoms with Gasteiger partial charge in [0.1, 0.15) is 5.69 Å². The molecule has 0 aliphatic heterocycles. The quantitative estimate of drug-likeness (QED) is 0.496. The summed E-state index contributed by atoms with van der Waals surface area (Å²) in [5.74, 6) is -0.316. The van der Waals surface area contributed by atoms with Crippen molar-refractivity contribution in [2.75, 3.05) is 0 Å². The maximum Gasteiger partial charge on any atom is 0.268 e. The molecule has 0 atom stereocenters. The van der Waals surface area contributed by atoms with Crippen molar-refractivity contribution < 1.29 is 13.2 Å². The highest BCUT2D eigenvalue weighted by Gasteiger charge is 2.29. The van der Waals surface area contributed by atoms with Crippen LogP contribution in [0.25, 0.3) is 10.9 Å². The summed E-state index contributed by atoms with van der Waals surface area (Å²) in [5, 5.41) is 0.747. The first kappa shape index (κ1) is 17.2. The van der Waals surface area contributed by atoms with Crippen molar-refractivity contribution in [3.63, 3.8) is 0 Å². The Hall–Kier alpha value is -3.18. The molecule has 4 nitrogen and oxygen atoms in total. The molecule has 1 aromatic heterocycles. The average molecular weight is 375 g/mol. The van der Waals surface area contributed by atoms with Gasteiger partial charge in [-0.15, -0.1) is 0 Å². The molecule has 0 N–H and O–H groups in total. The summed E-state index contributed by atoms with van der Waals surface area (Å²) in [6, 6.07) is 24.1. The van der Waals surface area contributed by atoms with Gasteiger partial charge in [0.15, 0.2) is 0 Å². The summed E-state index contributed by atoms with van der Waals surface area (Å²) in [5.41, 5.74) is 1.77. The third-order valence-corrected chi connectivity index (χ3v) is 6.35. The fourth-order valence-corrected chi connectivity index (χ4v) is 4.89. The fourth-order valence-electron chi connectivity index (χ4n) is 3.30. The Morgan fingerprint density at radius 3 is 2.00 bits per heavy atom. The molecule has 4 aromatic rings. The second-order valence-electron chi connectivity index (χ2n) is 6.27. The van der Waals surface area contributed by atoms with Crippen LogP contribution in [0.2, 0.25) is 0 Å². The molecule has 1 heterocycles. The minimum absolute atomic E-state index is 0.146. The number of para-hydroxylation sites is 1. The fraction of sp³-hybridized carbons (Fsp3) is 0.0455. The molecule has 0 aliphatic rings. The number of rotatable bonds is 4. The van der Waals surface area contributed by atoms with Crippen LogP contribution in [0.3, 0.4) is 0 Å². The van der Waals surface area contributed by atoms with Crippen LogP contribution in [-0.4, -0.2) is 18.2 Å². The van der Waals surface area contributed by atoms with Crippen molar-refractivity contribution in [3.8, 4) is 0 Å². The summed E-state index contributed by atoms with van der Waals surface area (Å²) >= 11 is 0. The molecule has 134 valence electrons. The lowest BCUT2D eigenvalue weighted by atomic mass is 10.0. The van der Waals surface area contributed by atoms with Crippen molar-refractivity contribution in [3.05, 3.63) is 102 Å². The molecule has 0 bridgehead atoms. The van der Waals surface area contributed by atoms with E-state index in [0.717, 1.165) is 5.39 Å². The van der Waals surface area contributed by atoms with Gasteiger partial charge in [-0.25, -0.2) is 12.4 Å². The van der Waals surface area contributed by atoms with Crippen molar-refractivity contribution in [2.45, 2.75) is 11.8 Å². The van der Waals surface area contributed by atoms with Crippen LogP contribution < -0.4 is 0 Å². The topological polar surface area (TPSA) is 56.1 Å². The molecular weight excluding hydrogens is 358 g/mol. The molecule has 27 heavy (non-hydrogen) atoms. The van der Waals surface area contributed by atoms with Crippen molar-refractivity contribution in [2.24, 2.45) is 0 Å². The van der Waals surface area contributed by atoms with Gasteiger partial charge in [0.2, 0.25) is 5.78 Å². The highest BCUT2D eigenvalue weighted by atomic mass is 32.2. The molecular formula is C22H17NO3S. The zero-order chi connectivity index (χ0) is 19.0. The molecule has 5 heteroatoms. The van der Waals surface area contributed by atoms with E-state index in [9.17, 15) is 13.2 Å². The van der Waals surface area contributed by atoms with Gasteiger partial charge in [-0.05, 0) is 30.7 Å². The Morgan fingerprint density at radius 2 is 1.33 bits per heavy atom. The molecule has 0 aliphatic carbocycles. The van der Waals surface area contributed by atoms with E-state index in [2.05, 4.69) is 0 Å². The molecule has 4 rings (SSSR count). The monoisotopic (exact) mass is 375 g/mol. The van der Waals surface area contributed by atoms with Gasteiger partial charge in [-0.1, -0.05) is 66.7 Å². The molecule has 0 unspecified atom stereocenters. The van der Waals surface area contributed by atoms with Crippen LogP contribution in [0.5, 0.6) is 0 Å². The van der Waals surface area contributed by atoms with E-state index in [1.54, 1.807) is 61.5 Å². The number of nitrogens with zero attached hydrogens (tertiary/aromatic N) is 1. The predicted molar refractivity (Wildman–Crippen MR) is 106 cm³/mol. The highest BCUT2D eigenvalue weighted by Crippen LogP contribution is 2.31. The number of carbonyl (C=O) groups excluding carboxylic acids is 1. The van der Waals surface area contributed by atoms with E-state index in [1.807, 2.05) is 18.2 Å². The molecule has 0 spiro atoms. The van der Waals surface area contributed by atoms with E-state index in [1.165, 1.54) is 16.1 Å². The second kappa shape index (κ2) is 6.52. The number of ketones is 1. The Kier molecular flexibility index (Phi) is 4.16. The van der Waals surface area contributed by atoms with Gasteiger partial charge in [0.05, 0.1) is 10.4 Å². The zero-order valence-electron chi connectivity index (χ0n) is 14.7. The summed E-state index contributed by atoms with van der Waals surface area (Å²) in [4.78, 5) is 13.4. The van der Waals surface area contributed by atoms with E-state index in [4.69, 9.17) is 0 Å². The van der Waals surface area contributed by atoms with Crippen LogP contribution in [0.1, 0.15) is 21.6 Å². The highest BCUT2D eigenvalue weighted by molar-refractivity contribution is 7.90. The number of carbonyl (C=O) groups is 1. The van der Waals surface area contributed by atoms with E-state index in [-0.39, 0.29) is 16.4 Å². The minimum Gasteiger partial charge on any atom is -0.287 e. The number of fused-ring (bicyclic) bond motifs is 1. The second-order valence-corrected chi connectivity index (χ2v) is 8.06. The number of benzene rings is 3. The van der Waals surface area contributed by atoms with Gasteiger partial charge in [-0.3, -0.25) is 4.79 Å². The Morgan fingerprint density at radius 1 is 0.778 bits per heavy atom. The van der Waals surface area contributed by atoms with Crippen LogP contribution in [-0.2, 0) is 10.0 Å². The first-order valence-electron chi connectivity index (χ1n) is 8.52. The van der Waals surface area contributed by atoms with Gasteiger partial charge in [0, 0.05) is 10.9 Å². The summed E-state index contributed by atoms with van der Waals surface area (Å²) in [6.07, 6.45) is 0. The predicted octanol–water partition coefficient (Wildman–Crippen LogP) is 4.42. The van der Waals surface area contributed by atoms with Crippen molar-refractivity contribution >= 4 is 26.7 Å². The van der Waals surface area contributed by atoms with Gasteiger partial charge in [0.25, 0.3) is 10.0 Å². The van der Waals surface area contributed by atoms with Crippen molar-refractivity contribution in [1.82, 2.24) is 3.97 Å². The normalized spacial score (nSPS) is 11.6. The molecule has 0 radical (unpaired) electrons. The minimum atomic E-state index is -3.93. The Bertz CT molecular complexity index is 1240. The van der Waals surface area contributed by atoms with Crippen LogP contribution in [0.15, 0.2) is 89.8 Å². The summed E-state index contributed by atoms with van der Waals surface area (Å²) in [7, 11) is -3.93. The first-order chi connectivity index (χ1) is 13.0. The summed E-state index contributed by atoms with van der Waals surface area (Å²) < 4.78 is 28.0. The molecule has 0 saturated carbocycles. The molecule has 3 aromatic carbocycles. The lowest BCUT2D eigenvalue weighted by molar-refractivity contribution is 0.103. The Balaban J connectivity index is 2.07. The van der Waals surface area contributed by atoms with Crippen LogP contribution in [0.4, 0.5) is 0 Å². The van der Waals surface area contributed by atoms with Gasteiger partial charge >= 0.3 is 0 Å². The van der Waals surface area contributed by atoms with Gasteiger partial charge in [-0.2, -0.15) is 0 Å². The number of aromatic nitrogens is 1. The molecule has 0 fully saturated rings. The molecule has 0 saturated heterocycles. The standard InChI is InChI=1S/C22H17NO3S/c1-16-19-14-8-9-15-20(19)23(27(25,26)18-12-6-3-7-13-18)21(16)22(24)17-10-4-2-5-11-17/h2-15H,1H3. The maximum atomic E-state index is 13.4. The number of hydrogen-bond donors (Lipinski definition) is 0. The molecule has 0 amide bonds. The smallest absolute Gasteiger partial charge is 0.268 e. The zero-order valence-corrected chi connectivity index (χ0v) is 15.5. The largest absolute Gasteiger partial charge is 0.287 e. The van der Waals surface area contributed by atoms with E-state index >= 15 is 0 Å². The van der Waals surface area contributed by atoms with Gasteiger partial charge < -0.3 is 0 Å². The third kappa shape index (κ3) is 2.76. The average Bonchev–Trinajstić information content (AvgIpc) is 3.02. The third-order valence-electron chi connectivity index (χ3n) is 4.62. The van der Waals surface area contributed by atoms with E-state index in [0.29, 0.717) is 16.6 Å². The van der Waals surface area contributed by atoms with Crippen molar-refractivity contribution in [1.29, 1.82) is 0 Å². The first-order valence-corrected chi connectivity index (χ1v) is 9.96. The van der Waals surface area contributed by atoms with E-state index < -0.39 is 10.0 Å². The number of hydrogen-bond acceptors (Lipinski definition) is 3. The number of aryl methyl sites for hydroxylation is 1.